The summed E-state index contributed by atoms with van der Waals surface area (Å²) in [6.07, 6.45) is 4.41. The van der Waals surface area contributed by atoms with Crippen molar-refractivity contribution in [1.82, 2.24) is 10.3 Å². The molecule has 0 fully saturated rings. The van der Waals surface area contributed by atoms with Crippen molar-refractivity contribution >= 4 is 5.96 Å². The molecular weight excluding hydrogens is 283 g/mol. The topological polar surface area (TPSA) is 76.4 Å². The Morgan fingerprint density at radius 2 is 2.14 bits per heavy atom. The summed E-state index contributed by atoms with van der Waals surface area (Å²) in [5.74, 6) is 0.660. The SMILES string of the molecule is CCCCN=C(N)NCCc1coc(-c2ccc(F)cc2)n1. The zero-order valence-corrected chi connectivity index (χ0v) is 12.7. The molecule has 1 heterocycles. The van der Waals surface area contributed by atoms with Crippen molar-refractivity contribution in [2.45, 2.75) is 26.2 Å². The lowest BCUT2D eigenvalue weighted by Gasteiger charge is -2.03. The second-order valence-corrected chi connectivity index (χ2v) is 4.95. The number of rotatable bonds is 7. The van der Waals surface area contributed by atoms with Gasteiger partial charge in [-0.2, -0.15) is 0 Å². The van der Waals surface area contributed by atoms with Crippen LogP contribution in [0.5, 0.6) is 0 Å². The summed E-state index contributed by atoms with van der Waals surface area (Å²) in [6.45, 7) is 3.49. The molecule has 6 heteroatoms. The quantitative estimate of drug-likeness (QED) is 0.468. The Balaban J connectivity index is 1.82. The van der Waals surface area contributed by atoms with Gasteiger partial charge in [-0.1, -0.05) is 13.3 Å². The van der Waals surface area contributed by atoms with Crippen molar-refractivity contribution < 1.29 is 8.81 Å². The number of aliphatic imine (C=N–C) groups is 1. The fourth-order valence-corrected chi connectivity index (χ4v) is 1.88. The second kappa shape index (κ2) is 8.17. The first-order valence-electron chi connectivity index (χ1n) is 7.43. The molecule has 2 aromatic rings. The van der Waals surface area contributed by atoms with Gasteiger partial charge in [0.15, 0.2) is 5.96 Å². The molecule has 0 saturated heterocycles. The van der Waals surface area contributed by atoms with Gasteiger partial charge < -0.3 is 15.5 Å². The predicted octanol–water partition coefficient (Wildman–Crippen LogP) is 2.73. The lowest BCUT2D eigenvalue weighted by atomic mass is 10.2. The Hall–Kier alpha value is -2.37. The second-order valence-electron chi connectivity index (χ2n) is 4.95. The number of hydrogen-bond donors (Lipinski definition) is 2. The number of nitrogens with zero attached hydrogens (tertiary/aromatic N) is 2. The van der Waals surface area contributed by atoms with E-state index in [-0.39, 0.29) is 5.82 Å². The first-order chi connectivity index (χ1) is 10.7. The average molecular weight is 304 g/mol. The van der Waals surface area contributed by atoms with Crippen LogP contribution in [-0.4, -0.2) is 24.0 Å². The van der Waals surface area contributed by atoms with E-state index in [9.17, 15) is 4.39 Å². The largest absolute Gasteiger partial charge is 0.444 e. The van der Waals surface area contributed by atoms with Crippen LogP contribution in [0.1, 0.15) is 25.5 Å². The van der Waals surface area contributed by atoms with Gasteiger partial charge in [0, 0.05) is 25.1 Å². The molecule has 0 bridgehead atoms. The van der Waals surface area contributed by atoms with Crippen LogP contribution in [0.15, 0.2) is 39.9 Å². The lowest BCUT2D eigenvalue weighted by Crippen LogP contribution is -2.33. The van der Waals surface area contributed by atoms with E-state index in [0.717, 1.165) is 30.6 Å². The van der Waals surface area contributed by atoms with Crippen LogP contribution in [0.3, 0.4) is 0 Å². The first-order valence-corrected chi connectivity index (χ1v) is 7.43. The summed E-state index contributed by atoms with van der Waals surface area (Å²) >= 11 is 0. The molecule has 0 spiro atoms. The zero-order chi connectivity index (χ0) is 15.8. The van der Waals surface area contributed by atoms with Crippen LogP contribution in [0.4, 0.5) is 4.39 Å². The third-order valence-corrected chi connectivity index (χ3v) is 3.12. The summed E-state index contributed by atoms with van der Waals surface area (Å²) in [4.78, 5) is 8.58. The molecule has 5 nitrogen and oxygen atoms in total. The van der Waals surface area contributed by atoms with E-state index in [1.165, 1.54) is 12.1 Å². The molecule has 2 rings (SSSR count). The maximum absolute atomic E-state index is 12.9. The highest BCUT2D eigenvalue weighted by Crippen LogP contribution is 2.18. The minimum Gasteiger partial charge on any atom is -0.444 e. The molecule has 0 radical (unpaired) electrons. The molecule has 1 aromatic carbocycles. The molecule has 118 valence electrons. The van der Waals surface area contributed by atoms with Gasteiger partial charge in [0.2, 0.25) is 5.89 Å². The molecule has 22 heavy (non-hydrogen) atoms. The van der Waals surface area contributed by atoms with E-state index < -0.39 is 0 Å². The monoisotopic (exact) mass is 304 g/mol. The van der Waals surface area contributed by atoms with E-state index in [1.807, 2.05) is 0 Å². The molecule has 0 amide bonds. The van der Waals surface area contributed by atoms with Gasteiger partial charge in [-0.05, 0) is 30.7 Å². The maximum Gasteiger partial charge on any atom is 0.226 e. The molecule has 0 atom stereocenters. The van der Waals surface area contributed by atoms with Crippen molar-refractivity contribution in [2.24, 2.45) is 10.7 Å². The van der Waals surface area contributed by atoms with Crippen LogP contribution in [-0.2, 0) is 6.42 Å². The van der Waals surface area contributed by atoms with E-state index in [1.54, 1.807) is 18.4 Å². The number of halogens is 1. The number of hydrogen-bond acceptors (Lipinski definition) is 3. The zero-order valence-electron chi connectivity index (χ0n) is 12.7. The Labute approximate surface area is 129 Å². The van der Waals surface area contributed by atoms with Gasteiger partial charge in [-0.25, -0.2) is 9.37 Å². The third-order valence-electron chi connectivity index (χ3n) is 3.12. The van der Waals surface area contributed by atoms with Crippen molar-refractivity contribution in [1.29, 1.82) is 0 Å². The van der Waals surface area contributed by atoms with Gasteiger partial charge in [-0.15, -0.1) is 0 Å². The van der Waals surface area contributed by atoms with Gasteiger partial charge in [0.05, 0.1) is 5.69 Å². The summed E-state index contributed by atoms with van der Waals surface area (Å²) < 4.78 is 18.3. The molecule has 0 saturated carbocycles. The first kappa shape index (κ1) is 16.0. The number of nitrogens with two attached hydrogens (primary N) is 1. The summed E-state index contributed by atoms with van der Waals surface area (Å²) in [5.41, 5.74) is 7.31. The Morgan fingerprint density at radius 3 is 2.86 bits per heavy atom. The van der Waals surface area contributed by atoms with Crippen molar-refractivity contribution in [3.05, 3.63) is 42.0 Å². The molecule has 0 aliphatic rings. The highest BCUT2D eigenvalue weighted by molar-refractivity contribution is 5.77. The Morgan fingerprint density at radius 1 is 1.36 bits per heavy atom. The maximum atomic E-state index is 12.9. The Kier molecular flexibility index (Phi) is 5.94. The fourth-order valence-electron chi connectivity index (χ4n) is 1.88. The fraction of sp³-hybridized carbons (Fsp3) is 0.375. The molecular formula is C16H21FN4O. The van der Waals surface area contributed by atoms with Crippen LogP contribution in [0.2, 0.25) is 0 Å². The van der Waals surface area contributed by atoms with E-state index >= 15 is 0 Å². The standard InChI is InChI=1S/C16H21FN4O/c1-2-3-9-19-16(18)20-10-8-14-11-22-15(21-14)12-4-6-13(17)7-5-12/h4-7,11H,2-3,8-10H2,1H3,(H3,18,19,20). The minimum absolute atomic E-state index is 0.280. The molecule has 0 aliphatic heterocycles. The number of guanidine groups is 1. The summed E-state index contributed by atoms with van der Waals surface area (Å²) in [6, 6.07) is 6.05. The van der Waals surface area contributed by atoms with Gasteiger partial charge in [0.1, 0.15) is 12.1 Å². The van der Waals surface area contributed by atoms with E-state index in [0.29, 0.717) is 24.8 Å². The number of nitrogens with one attached hydrogen (secondary N) is 1. The van der Waals surface area contributed by atoms with Gasteiger partial charge in [-0.3, -0.25) is 4.99 Å². The van der Waals surface area contributed by atoms with E-state index in [2.05, 4.69) is 22.2 Å². The van der Waals surface area contributed by atoms with Crippen molar-refractivity contribution in [3.8, 4) is 11.5 Å². The lowest BCUT2D eigenvalue weighted by molar-refractivity contribution is 0.571. The van der Waals surface area contributed by atoms with Crippen LogP contribution >= 0.6 is 0 Å². The highest BCUT2D eigenvalue weighted by atomic mass is 19.1. The smallest absolute Gasteiger partial charge is 0.226 e. The van der Waals surface area contributed by atoms with Crippen molar-refractivity contribution in [2.75, 3.05) is 13.1 Å². The number of benzene rings is 1. The van der Waals surface area contributed by atoms with Crippen molar-refractivity contribution in [3.63, 3.8) is 0 Å². The van der Waals surface area contributed by atoms with Gasteiger partial charge >= 0.3 is 0 Å². The minimum atomic E-state index is -0.280. The summed E-state index contributed by atoms with van der Waals surface area (Å²) in [5, 5.41) is 3.04. The van der Waals surface area contributed by atoms with Gasteiger partial charge in [0.25, 0.3) is 0 Å². The highest BCUT2D eigenvalue weighted by Gasteiger charge is 2.06. The molecule has 1 aromatic heterocycles. The number of aromatic nitrogens is 1. The number of unbranched alkanes of at least 4 members (excludes halogenated alkanes) is 1. The Bertz CT molecular complexity index is 607. The number of oxazole rings is 1. The molecule has 3 N–H and O–H groups in total. The van der Waals surface area contributed by atoms with Crippen LogP contribution in [0.25, 0.3) is 11.5 Å². The van der Waals surface area contributed by atoms with Crippen LogP contribution in [0, 0.1) is 5.82 Å². The summed E-state index contributed by atoms with van der Waals surface area (Å²) in [7, 11) is 0. The third kappa shape index (κ3) is 4.87. The van der Waals surface area contributed by atoms with E-state index in [4.69, 9.17) is 10.2 Å². The predicted molar refractivity (Wildman–Crippen MR) is 85.0 cm³/mol. The normalized spacial score (nSPS) is 11.6. The molecule has 0 unspecified atom stereocenters. The van der Waals surface area contributed by atoms with Crippen LogP contribution < -0.4 is 11.1 Å². The average Bonchev–Trinajstić information content (AvgIpc) is 2.97. The molecule has 0 aliphatic carbocycles.